The third-order valence-electron chi connectivity index (χ3n) is 3.35. The number of amides is 1. The third kappa shape index (κ3) is 4.79. The Morgan fingerprint density at radius 2 is 1.58 bits per heavy atom. The number of carbonyl (C=O) groups excluding carboxylic acids is 1. The maximum Gasteiger partial charge on any atom is 0.256 e. The van der Waals surface area contributed by atoms with Gasteiger partial charge in [-0.1, -0.05) is 11.6 Å². The molecule has 0 aliphatic heterocycles. The Balaban J connectivity index is 2.40. The number of hydrogen-bond donors (Lipinski definition) is 1. The number of hydrogen-bond acceptors (Lipinski definition) is 4. The summed E-state index contributed by atoms with van der Waals surface area (Å²) in [5, 5.41) is 2.83. The minimum absolute atomic E-state index is 0.00713. The Hall–Kier alpha value is -2.47. The number of benzene rings is 2. The zero-order chi connectivity index (χ0) is 19.1. The predicted molar refractivity (Wildman–Crippen MR) is 99.3 cm³/mol. The van der Waals surface area contributed by atoms with Gasteiger partial charge in [0, 0.05) is 10.6 Å². The summed E-state index contributed by atoms with van der Waals surface area (Å²) in [6.45, 7) is 6.68. The lowest BCUT2D eigenvalue weighted by Crippen LogP contribution is -2.14. The van der Waals surface area contributed by atoms with Gasteiger partial charge in [0.15, 0.2) is 11.5 Å². The van der Waals surface area contributed by atoms with E-state index in [-0.39, 0.29) is 11.3 Å². The van der Waals surface area contributed by atoms with Crippen LogP contribution in [0.3, 0.4) is 0 Å². The molecule has 0 saturated heterocycles. The number of carbonyl (C=O) groups is 1. The van der Waals surface area contributed by atoms with Crippen molar-refractivity contribution in [1.29, 1.82) is 0 Å². The molecule has 2 aromatic carbocycles. The largest absolute Gasteiger partial charge is 0.490 e. The van der Waals surface area contributed by atoms with Crippen molar-refractivity contribution >= 4 is 23.2 Å². The fourth-order valence-corrected chi connectivity index (χ4v) is 2.48. The number of ether oxygens (including phenoxy) is 3. The van der Waals surface area contributed by atoms with Gasteiger partial charge < -0.3 is 19.5 Å². The number of halogens is 2. The minimum atomic E-state index is -0.580. The molecule has 0 unspecified atom stereocenters. The molecule has 1 amide bonds. The van der Waals surface area contributed by atoms with Crippen LogP contribution >= 0.6 is 11.6 Å². The van der Waals surface area contributed by atoms with Gasteiger partial charge in [0.2, 0.25) is 5.75 Å². The fourth-order valence-electron chi connectivity index (χ4n) is 2.31. The Morgan fingerprint density at radius 1 is 1.00 bits per heavy atom. The van der Waals surface area contributed by atoms with Crippen LogP contribution in [0.15, 0.2) is 30.3 Å². The number of rotatable bonds is 8. The van der Waals surface area contributed by atoms with Gasteiger partial charge in [0.25, 0.3) is 5.91 Å². The second-order valence-electron chi connectivity index (χ2n) is 5.18. The van der Waals surface area contributed by atoms with Gasteiger partial charge >= 0.3 is 0 Å². The molecule has 2 aromatic rings. The summed E-state index contributed by atoms with van der Waals surface area (Å²) in [6, 6.07) is 7.01. The van der Waals surface area contributed by atoms with Gasteiger partial charge in [-0.3, -0.25) is 4.79 Å². The van der Waals surface area contributed by atoms with Crippen LogP contribution in [0.25, 0.3) is 0 Å². The van der Waals surface area contributed by atoms with Crippen LogP contribution < -0.4 is 19.5 Å². The summed E-state index contributed by atoms with van der Waals surface area (Å²) < 4.78 is 30.6. The standard InChI is InChI=1S/C19H21ClFNO4/c1-4-24-16-9-12(10-17(25-5-2)18(16)26-6-3)19(23)22-15-11-13(20)7-8-14(15)21/h7-11H,4-6H2,1-3H3,(H,22,23). The van der Waals surface area contributed by atoms with E-state index in [2.05, 4.69) is 5.32 Å². The van der Waals surface area contributed by atoms with Crippen LogP contribution in [0, 0.1) is 5.82 Å². The first kappa shape index (κ1) is 19.8. The second-order valence-corrected chi connectivity index (χ2v) is 5.62. The van der Waals surface area contributed by atoms with Crippen LogP contribution in [0.2, 0.25) is 5.02 Å². The van der Waals surface area contributed by atoms with Gasteiger partial charge in [-0.15, -0.1) is 0 Å². The van der Waals surface area contributed by atoms with Gasteiger partial charge in [0.05, 0.1) is 25.5 Å². The van der Waals surface area contributed by atoms with E-state index < -0.39 is 11.7 Å². The molecule has 0 aliphatic carbocycles. The lowest BCUT2D eigenvalue weighted by Gasteiger charge is -2.17. The zero-order valence-corrected chi connectivity index (χ0v) is 15.7. The van der Waals surface area contributed by atoms with Crippen molar-refractivity contribution in [3.63, 3.8) is 0 Å². The molecule has 26 heavy (non-hydrogen) atoms. The van der Waals surface area contributed by atoms with Crippen LogP contribution in [-0.4, -0.2) is 25.7 Å². The molecule has 2 rings (SSSR count). The highest BCUT2D eigenvalue weighted by atomic mass is 35.5. The molecule has 0 saturated carbocycles. The molecule has 0 aromatic heterocycles. The molecule has 0 radical (unpaired) electrons. The minimum Gasteiger partial charge on any atom is -0.490 e. The normalized spacial score (nSPS) is 10.3. The fraction of sp³-hybridized carbons (Fsp3) is 0.316. The quantitative estimate of drug-likeness (QED) is 0.704. The molecule has 0 heterocycles. The molecule has 1 N–H and O–H groups in total. The van der Waals surface area contributed by atoms with E-state index in [4.69, 9.17) is 25.8 Å². The molecule has 0 atom stereocenters. The van der Waals surface area contributed by atoms with Crippen molar-refractivity contribution in [2.24, 2.45) is 0 Å². The van der Waals surface area contributed by atoms with E-state index in [1.54, 1.807) is 0 Å². The summed E-state index contributed by atoms with van der Waals surface area (Å²) in [6.07, 6.45) is 0. The van der Waals surface area contributed by atoms with Gasteiger partial charge in [-0.25, -0.2) is 4.39 Å². The highest BCUT2D eigenvalue weighted by Gasteiger charge is 2.19. The summed E-state index contributed by atoms with van der Waals surface area (Å²) in [5.74, 6) is 0.107. The van der Waals surface area contributed by atoms with E-state index in [9.17, 15) is 9.18 Å². The molecule has 0 spiro atoms. The van der Waals surface area contributed by atoms with Crippen molar-refractivity contribution in [3.05, 3.63) is 46.7 Å². The molecule has 0 bridgehead atoms. The lowest BCUT2D eigenvalue weighted by molar-refractivity contribution is 0.102. The molecule has 140 valence electrons. The molecule has 0 aliphatic rings. The van der Waals surface area contributed by atoms with E-state index in [1.807, 2.05) is 20.8 Å². The molecule has 7 heteroatoms. The van der Waals surface area contributed by atoms with E-state index in [0.29, 0.717) is 42.1 Å². The molecule has 0 fully saturated rings. The summed E-state index contributed by atoms with van der Waals surface area (Å²) in [5.41, 5.74) is 0.243. The Kier molecular flexibility index (Phi) is 7.09. The van der Waals surface area contributed by atoms with Crippen molar-refractivity contribution in [2.75, 3.05) is 25.1 Å². The summed E-state index contributed by atoms with van der Waals surface area (Å²) in [7, 11) is 0. The lowest BCUT2D eigenvalue weighted by atomic mass is 10.1. The van der Waals surface area contributed by atoms with E-state index in [1.165, 1.54) is 30.3 Å². The smallest absolute Gasteiger partial charge is 0.256 e. The average Bonchev–Trinajstić information content (AvgIpc) is 2.61. The van der Waals surface area contributed by atoms with Crippen molar-refractivity contribution in [2.45, 2.75) is 20.8 Å². The SMILES string of the molecule is CCOc1cc(C(=O)Nc2cc(Cl)ccc2F)cc(OCC)c1OCC. The van der Waals surface area contributed by atoms with E-state index >= 15 is 0 Å². The van der Waals surface area contributed by atoms with E-state index in [0.717, 1.165) is 0 Å². The summed E-state index contributed by atoms with van der Waals surface area (Å²) in [4.78, 5) is 12.6. The Bertz CT molecular complexity index is 755. The number of nitrogens with one attached hydrogen (secondary N) is 1. The van der Waals surface area contributed by atoms with Crippen LogP contribution in [-0.2, 0) is 0 Å². The first-order valence-electron chi connectivity index (χ1n) is 8.32. The molecule has 5 nitrogen and oxygen atoms in total. The molecular formula is C19H21ClFNO4. The maximum absolute atomic E-state index is 13.9. The first-order chi connectivity index (χ1) is 12.5. The van der Waals surface area contributed by atoms with Crippen molar-refractivity contribution < 1.29 is 23.4 Å². The zero-order valence-electron chi connectivity index (χ0n) is 14.9. The summed E-state index contributed by atoms with van der Waals surface area (Å²) >= 11 is 5.86. The van der Waals surface area contributed by atoms with Crippen LogP contribution in [0.1, 0.15) is 31.1 Å². The van der Waals surface area contributed by atoms with Crippen LogP contribution in [0.4, 0.5) is 10.1 Å². The maximum atomic E-state index is 13.9. The number of anilines is 1. The highest BCUT2D eigenvalue weighted by Crippen LogP contribution is 2.39. The second kappa shape index (κ2) is 9.29. The third-order valence-corrected chi connectivity index (χ3v) is 3.58. The van der Waals surface area contributed by atoms with Gasteiger partial charge in [-0.05, 0) is 51.1 Å². The monoisotopic (exact) mass is 381 g/mol. The Labute approximate surface area is 157 Å². The van der Waals surface area contributed by atoms with Gasteiger partial charge in [0.1, 0.15) is 5.82 Å². The average molecular weight is 382 g/mol. The first-order valence-corrected chi connectivity index (χ1v) is 8.70. The molecular weight excluding hydrogens is 361 g/mol. The van der Waals surface area contributed by atoms with Crippen molar-refractivity contribution in [1.82, 2.24) is 0 Å². The topological polar surface area (TPSA) is 56.8 Å². The van der Waals surface area contributed by atoms with Gasteiger partial charge in [-0.2, -0.15) is 0 Å². The van der Waals surface area contributed by atoms with Crippen LogP contribution in [0.5, 0.6) is 17.2 Å². The highest BCUT2D eigenvalue weighted by molar-refractivity contribution is 6.31. The Morgan fingerprint density at radius 3 is 2.12 bits per heavy atom. The predicted octanol–water partition coefficient (Wildman–Crippen LogP) is 4.93. The van der Waals surface area contributed by atoms with Crippen molar-refractivity contribution in [3.8, 4) is 17.2 Å².